The fourth-order valence-corrected chi connectivity index (χ4v) is 7.64. The molecule has 184 valence electrons. The quantitative estimate of drug-likeness (QED) is 0.280. The van der Waals surface area contributed by atoms with Crippen LogP contribution in [0.25, 0.3) is 0 Å². The van der Waals surface area contributed by atoms with Crippen LogP contribution in [0.3, 0.4) is 0 Å². The van der Waals surface area contributed by atoms with Gasteiger partial charge < -0.3 is 4.42 Å². The SMILES string of the molecule is C[CH](C)[Sn][C](F)(F)c1ccc(CCN2CCC(N(C(=O)c3ccco3)c3ccccc3)CC2)cc1. The summed E-state index contributed by atoms with van der Waals surface area (Å²) in [6.07, 6.45) is 4.09. The van der Waals surface area contributed by atoms with Gasteiger partial charge in [0.05, 0.1) is 6.26 Å². The summed E-state index contributed by atoms with van der Waals surface area (Å²) >= 11 is -1.79. The molecule has 0 N–H and O–H groups in total. The molecular formula is C28H32F2N2O2Sn. The molecule has 35 heavy (non-hydrogen) atoms. The van der Waals surface area contributed by atoms with E-state index in [2.05, 4.69) is 4.90 Å². The van der Waals surface area contributed by atoms with Crippen molar-refractivity contribution in [3.63, 3.8) is 0 Å². The fourth-order valence-electron chi connectivity index (χ4n) is 4.62. The first kappa shape index (κ1) is 25.9. The van der Waals surface area contributed by atoms with E-state index in [0.29, 0.717) is 5.76 Å². The van der Waals surface area contributed by atoms with Crippen LogP contribution in [0.5, 0.6) is 0 Å². The summed E-state index contributed by atoms with van der Waals surface area (Å²) in [5.41, 5.74) is 2.13. The summed E-state index contributed by atoms with van der Waals surface area (Å²) in [5, 5.41) is 0. The summed E-state index contributed by atoms with van der Waals surface area (Å²) in [6, 6.07) is 20.2. The maximum atomic E-state index is 14.4. The molecule has 0 unspecified atom stereocenters. The van der Waals surface area contributed by atoms with Crippen LogP contribution in [0.4, 0.5) is 14.5 Å². The normalized spacial score (nSPS) is 15.5. The minimum atomic E-state index is -2.62. The zero-order valence-corrected chi connectivity index (χ0v) is 23.1. The molecule has 0 aliphatic carbocycles. The Hall–Kier alpha value is -2.19. The standard InChI is InChI=1S/C25H25F2N2O2.C3H7.Sn/c26-24(27)20-10-8-19(9-11-20)12-15-28-16-13-22(14-17-28)29(21-5-2-1-3-6-21)25(30)23-7-4-18-31-23;1-3-2;/h1-11,18,22H,12-17H2;3H,1-2H3;. The van der Waals surface area contributed by atoms with E-state index in [-0.39, 0.29) is 21.4 Å². The number of furan rings is 1. The number of hydrogen-bond acceptors (Lipinski definition) is 3. The molecule has 0 bridgehead atoms. The molecule has 2 radical (unpaired) electrons. The van der Waals surface area contributed by atoms with Gasteiger partial charge in [-0.1, -0.05) is 18.2 Å². The molecule has 7 heteroatoms. The molecule has 0 saturated carbocycles. The summed E-state index contributed by atoms with van der Waals surface area (Å²) < 4.78 is 31.7. The zero-order chi connectivity index (χ0) is 24.8. The van der Waals surface area contributed by atoms with Crippen molar-refractivity contribution in [2.24, 2.45) is 0 Å². The van der Waals surface area contributed by atoms with E-state index in [0.717, 1.165) is 50.1 Å². The van der Waals surface area contributed by atoms with Crippen molar-refractivity contribution in [3.05, 3.63) is 89.9 Å². The Morgan fingerprint density at radius 1 is 1.06 bits per heavy atom. The molecule has 1 amide bonds. The summed E-state index contributed by atoms with van der Waals surface area (Å²) in [6.45, 7) is 6.43. The number of carbonyl (C=O) groups excluding carboxylic acids is 1. The molecule has 1 fully saturated rings. The third-order valence-electron chi connectivity index (χ3n) is 6.41. The van der Waals surface area contributed by atoms with E-state index in [1.54, 1.807) is 24.3 Å². The van der Waals surface area contributed by atoms with Crippen molar-refractivity contribution in [1.29, 1.82) is 0 Å². The second-order valence-corrected chi connectivity index (χ2v) is 15.3. The van der Waals surface area contributed by atoms with Gasteiger partial charge in [-0.3, -0.25) is 4.79 Å². The van der Waals surface area contributed by atoms with Crippen molar-refractivity contribution >= 4 is 32.7 Å². The van der Waals surface area contributed by atoms with Gasteiger partial charge in [0.1, 0.15) is 0 Å². The minimum absolute atomic E-state index is 0.0961. The number of nitrogens with zero attached hydrogens (tertiary/aromatic N) is 2. The average Bonchev–Trinajstić information content (AvgIpc) is 3.39. The van der Waals surface area contributed by atoms with E-state index in [1.165, 1.54) is 6.26 Å². The number of hydrogen-bond donors (Lipinski definition) is 0. The van der Waals surface area contributed by atoms with Crippen LogP contribution < -0.4 is 4.90 Å². The van der Waals surface area contributed by atoms with Gasteiger partial charge >= 0.3 is 142 Å². The van der Waals surface area contributed by atoms with Crippen LogP contribution in [-0.4, -0.2) is 57.6 Å². The van der Waals surface area contributed by atoms with Gasteiger partial charge in [0.15, 0.2) is 5.76 Å². The first-order valence-electron chi connectivity index (χ1n) is 12.2. The second kappa shape index (κ2) is 11.7. The van der Waals surface area contributed by atoms with E-state index < -0.39 is 25.1 Å². The molecule has 0 spiro atoms. The van der Waals surface area contributed by atoms with Crippen molar-refractivity contribution in [2.45, 2.75) is 47.0 Å². The third kappa shape index (κ3) is 6.73. The predicted octanol–water partition coefficient (Wildman–Crippen LogP) is 6.22. The molecule has 3 aromatic rings. The van der Waals surface area contributed by atoms with Crippen LogP contribution >= 0.6 is 0 Å². The number of likely N-dealkylation sites (tertiary alicyclic amines) is 1. The first-order chi connectivity index (χ1) is 16.8. The molecule has 1 aliphatic rings. The first-order valence-corrected chi connectivity index (χ1v) is 15.3. The third-order valence-corrected chi connectivity index (χ3v) is 9.92. The van der Waals surface area contributed by atoms with Crippen LogP contribution in [0.2, 0.25) is 3.93 Å². The van der Waals surface area contributed by atoms with Crippen molar-refractivity contribution < 1.29 is 18.0 Å². The molecule has 2 aromatic carbocycles. The molecule has 0 atom stereocenters. The predicted molar refractivity (Wildman–Crippen MR) is 136 cm³/mol. The Balaban J connectivity index is 1.33. The summed E-state index contributed by atoms with van der Waals surface area (Å²) in [7, 11) is 0. The Morgan fingerprint density at radius 3 is 2.34 bits per heavy atom. The van der Waals surface area contributed by atoms with Crippen LogP contribution in [0, 0.1) is 0 Å². The topological polar surface area (TPSA) is 36.7 Å². The van der Waals surface area contributed by atoms with Gasteiger partial charge in [-0.05, 0) is 24.3 Å². The number of carbonyl (C=O) groups is 1. The second-order valence-electron chi connectivity index (χ2n) is 9.38. The molecule has 1 aromatic heterocycles. The molecule has 4 rings (SSSR count). The number of halogens is 2. The van der Waals surface area contributed by atoms with Crippen molar-refractivity contribution in [3.8, 4) is 0 Å². The van der Waals surface area contributed by atoms with Crippen molar-refractivity contribution in [1.82, 2.24) is 4.90 Å². The number of para-hydroxylation sites is 1. The van der Waals surface area contributed by atoms with Gasteiger partial charge in [0.2, 0.25) is 0 Å². The van der Waals surface area contributed by atoms with E-state index in [4.69, 9.17) is 4.42 Å². The van der Waals surface area contributed by atoms with Gasteiger partial charge in [0, 0.05) is 5.69 Å². The number of alkyl halides is 2. The van der Waals surface area contributed by atoms with E-state index in [1.807, 2.05) is 61.2 Å². The summed E-state index contributed by atoms with van der Waals surface area (Å²) in [5.74, 6) is 0.236. The Morgan fingerprint density at radius 2 is 1.74 bits per heavy atom. The number of rotatable bonds is 9. The van der Waals surface area contributed by atoms with Gasteiger partial charge in [-0.15, -0.1) is 0 Å². The van der Waals surface area contributed by atoms with Crippen LogP contribution in [0.15, 0.2) is 77.4 Å². The Labute approximate surface area is 216 Å². The molecule has 4 nitrogen and oxygen atoms in total. The summed E-state index contributed by atoms with van der Waals surface area (Å²) in [4.78, 5) is 17.5. The molecule has 1 saturated heterocycles. The number of piperidine rings is 1. The van der Waals surface area contributed by atoms with Gasteiger partial charge in [-0.2, -0.15) is 0 Å². The number of amides is 1. The van der Waals surface area contributed by atoms with Crippen LogP contribution in [0.1, 0.15) is 48.4 Å². The van der Waals surface area contributed by atoms with E-state index >= 15 is 0 Å². The molecule has 2 heterocycles. The average molecular weight is 585 g/mol. The van der Waals surface area contributed by atoms with Crippen LogP contribution in [-0.2, 0) is 10.4 Å². The Kier molecular flexibility index (Phi) is 8.65. The van der Waals surface area contributed by atoms with E-state index in [9.17, 15) is 13.6 Å². The maximum absolute atomic E-state index is 14.4. The van der Waals surface area contributed by atoms with Gasteiger partial charge in [-0.25, -0.2) is 0 Å². The Bertz CT molecular complexity index is 1060. The number of anilines is 1. The van der Waals surface area contributed by atoms with Gasteiger partial charge in [0.25, 0.3) is 5.91 Å². The number of benzene rings is 2. The molecule has 1 aliphatic heterocycles. The molecular weight excluding hydrogens is 553 g/mol. The van der Waals surface area contributed by atoms with Crippen molar-refractivity contribution in [2.75, 3.05) is 24.5 Å². The fraction of sp³-hybridized carbons (Fsp3) is 0.393. The monoisotopic (exact) mass is 586 g/mol. The zero-order valence-electron chi connectivity index (χ0n) is 20.3.